The fourth-order valence-electron chi connectivity index (χ4n) is 4.41. The van der Waals surface area contributed by atoms with Crippen molar-refractivity contribution in [1.82, 2.24) is 5.01 Å². The summed E-state index contributed by atoms with van der Waals surface area (Å²) >= 11 is 0. The lowest BCUT2D eigenvalue weighted by atomic mass is 9.77. The number of amides is 1. The Kier molecular flexibility index (Phi) is 6.42. The fourth-order valence-corrected chi connectivity index (χ4v) is 4.41. The molecule has 1 aliphatic heterocycles. The van der Waals surface area contributed by atoms with E-state index in [1.54, 1.807) is 14.2 Å². The summed E-state index contributed by atoms with van der Waals surface area (Å²) in [6.45, 7) is -0.260. The molecule has 2 aromatic rings. The van der Waals surface area contributed by atoms with E-state index in [1.165, 1.54) is 5.01 Å². The van der Waals surface area contributed by atoms with Crippen LogP contribution < -0.4 is 9.47 Å². The molecule has 8 nitrogen and oxygen atoms in total. The summed E-state index contributed by atoms with van der Waals surface area (Å²) in [5.74, 6) is 1.33. The molecule has 0 N–H and O–H groups in total. The number of benzene rings is 2. The third-order valence-electron chi connectivity index (χ3n) is 5.94. The molecule has 1 heterocycles. The van der Waals surface area contributed by atoms with E-state index in [2.05, 4.69) is 16.1 Å². The predicted octanol–water partition coefficient (Wildman–Crippen LogP) is 5.14. The number of carbonyl (C=O) groups is 1. The second kappa shape index (κ2) is 9.58. The molecule has 0 radical (unpaired) electrons. The maximum Gasteiger partial charge on any atom is 0.249 e. The molecule has 2 unspecified atom stereocenters. The Bertz CT molecular complexity index is 1090. The molecule has 32 heavy (non-hydrogen) atoms. The third-order valence-corrected chi connectivity index (χ3v) is 5.94. The van der Waals surface area contributed by atoms with Gasteiger partial charge in [-0.3, -0.25) is 4.79 Å². The van der Waals surface area contributed by atoms with Crippen LogP contribution in [-0.2, 0) is 4.79 Å². The summed E-state index contributed by atoms with van der Waals surface area (Å²) in [6, 6.07) is 15.4. The van der Waals surface area contributed by atoms with Gasteiger partial charge in [-0.25, -0.2) is 5.01 Å². The van der Waals surface area contributed by atoms with Gasteiger partial charge in [-0.05, 0) is 71.8 Å². The van der Waals surface area contributed by atoms with Crippen molar-refractivity contribution in [3.63, 3.8) is 0 Å². The summed E-state index contributed by atoms with van der Waals surface area (Å²) in [7, 11) is 3.27. The molecule has 4 rings (SSSR count). The Labute approximate surface area is 186 Å². The molecule has 164 valence electrons. The van der Waals surface area contributed by atoms with E-state index in [0.717, 1.165) is 53.2 Å². The second-order valence-electron chi connectivity index (χ2n) is 7.77. The highest BCUT2D eigenvalue weighted by atomic mass is 16.5. The van der Waals surface area contributed by atoms with Crippen LogP contribution >= 0.6 is 0 Å². The summed E-state index contributed by atoms with van der Waals surface area (Å²) < 4.78 is 10.5. The van der Waals surface area contributed by atoms with Crippen LogP contribution in [0.25, 0.3) is 16.5 Å². The molecule has 1 aliphatic carbocycles. The molecular weight excluding hydrogens is 406 g/mol. The first-order valence-corrected chi connectivity index (χ1v) is 10.5. The van der Waals surface area contributed by atoms with Crippen molar-refractivity contribution in [2.75, 3.05) is 20.8 Å². The normalized spacial score (nSPS) is 20.9. The van der Waals surface area contributed by atoms with E-state index in [9.17, 15) is 4.79 Å². The van der Waals surface area contributed by atoms with Gasteiger partial charge in [0.15, 0.2) is 0 Å². The van der Waals surface area contributed by atoms with Gasteiger partial charge in [0.25, 0.3) is 0 Å². The molecule has 0 bridgehead atoms. The number of hydrogen-bond acceptors (Lipinski definition) is 5. The van der Waals surface area contributed by atoms with E-state index >= 15 is 0 Å². The van der Waals surface area contributed by atoms with Gasteiger partial charge in [0.2, 0.25) is 5.91 Å². The highest BCUT2D eigenvalue weighted by Crippen LogP contribution is 2.44. The average Bonchev–Trinajstić information content (AvgIpc) is 3.24. The van der Waals surface area contributed by atoms with E-state index in [1.807, 2.05) is 48.5 Å². The van der Waals surface area contributed by atoms with Crippen molar-refractivity contribution in [3.05, 3.63) is 75.7 Å². The first-order chi connectivity index (χ1) is 15.6. The number of fused-ring (bicyclic) bond motifs is 1. The predicted molar refractivity (Wildman–Crippen MR) is 122 cm³/mol. The van der Waals surface area contributed by atoms with Crippen LogP contribution in [0.1, 0.15) is 36.4 Å². The zero-order chi connectivity index (χ0) is 22.5. The van der Waals surface area contributed by atoms with Crippen molar-refractivity contribution >= 4 is 17.7 Å². The number of methoxy groups -OCH3 is 2. The minimum atomic E-state index is -0.311. The monoisotopic (exact) mass is 431 g/mol. The van der Waals surface area contributed by atoms with Crippen molar-refractivity contribution < 1.29 is 14.3 Å². The largest absolute Gasteiger partial charge is 0.497 e. The van der Waals surface area contributed by atoms with E-state index < -0.39 is 0 Å². The Morgan fingerprint density at radius 2 is 1.81 bits per heavy atom. The van der Waals surface area contributed by atoms with Crippen LogP contribution in [0.4, 0.5) is 0 Å². The number of nitrogens with zero attached hydrogens (tertiary/aromatic N) is 5. The number of azide groups is 1. The van der Waals surface area contributed by atoms with Crippen LogP contribution in [0, 0.1) is 5.92 Å². The van der Waals surface area contributed by atoms with Gasteiger partial charge >= 0.3 is 0 Å². The number of hydrogen-bond donors (Lipinski definition) is 0. The lowest BCUT2D eigenvalue weighted by Crippen LogP contribution is -2.33. The molecule has 0 saturated heterocycles. The Hall–Kier alpha value is -3.77. The molecule has 0 spiro atoms. The van der Waals surface area contributed by atoms with Gasteiger partial charge in [0.1, 0.15) is 18.0 Å². The quantitative estimate of drug-likeness (QED) is 0.360. The molecule has 8 heteroatoms. The van der Waals surface area contributed by atoms with Gasteiger partial charge in [-0.2, -0.15) is 5.10 Å². The molecule has 0 aromatic heterocycles. The van der Waals surface area contributed by atoms with Crippen molar-refractivity contribution in [3.8, 4) is 11.5 Å². The van der Waals surface area contributed by atoms with Gasteiger partial charge in [-0.15, -0.1) is 0 Å². The molecule has 1 fully saturated rings. The maximum atomic E-state index is 12.9. The number of rotatable bonds is 6. The van der Waals surface area contributed by atoms with Gasteiger partial charge in [0.05, 0.1) is 26.0 Å². The first kappa shape index (κ1) is 21.5. The summed E-state index contributed by atoms with van der Waals surface area (Å²) in [5, 5.41) is 9.74. The molecule has 1 amide bonds. The zero-order valence-electron chi connectivity index (χ0n) is 18.1. The second-order valence-corrected chi connectivity index (χ2v) is 7.77. The van der Waals surface area contributed by atoms with E-state index in [-0.39, 0.29) is 24.4 Å². The SMILES string of the molecule is COc1ccc(C=C2CCCC3C2=NN(C(=O)CN=[N+]=[N-])C3c2ccc(OC)cc2)cc1. The van der Waals surface area contributed by atoms with Crippen LogP contribution in [0.5, 0.6) is 11.5 Å². The molecule has 2 atom stereocenters. The Morgan fingerprint density at radius 1 is 1.16 bits per heavy atom. The van der Waals surface area contributed by atoms with Gasteiger partial charge in [0, 0.05) is 10.8 Å². The Morgan fingerprint density at radius 3 is 2.44 bits per heavy atom. The Balaban J connectivity index is 1.71. The number of hydrazone groups is 1. The third kappa shape index (κ3) is 4.31. The van der Waals surface area contributed by atoms with Crippen molar-refractivity contribution in [1.29, 1.82) is 0 Å². The molecule has 2 aromatic carbocycles. The topological polar surface area (TPSA) is 99.9 Å². The minimum absolute atomic E-state index is 0.0802. The molecule has 1 saturated carbocycles. The van der Waals surface area contributed by atoms with Crippen LogP contribution in [0.3, 0.4) is 0 Å². The zero-order valence-corrected chi connectivity index (χ0v) is 18.1. The number of carbonyl (C=O) groups excluding carboxylic acids is 1. The van der Waals surface area contributed by atoms with Gasteiger partial charge in [-0.1, -0.05) is 29.4 Å². The average molecular weight is 431 g/mol. The lowest BCUT2D eigenvalue weighted by Gasteiger charge is -2.29. The minimum Gasteiger partial charge on any atom is -0.497 e. The smallest absolute Gasteiger partial charge is 0.249 e. The number of allylic oxidation sites excluding steroid dienone is 1. The maximum absolute atomic E-state index is 12.9. The van der Waals surface area contributed by atoms with Crippen LogP contribution in [-0.4, -0.2) is 37.4 Å². The standard InChI is InChI=1S/C24H25N5O3/c1-31-19-10-6-16(7-11-19)14-18-4-3-5-21-23(18)27-29(22(30)15-26-28-25)24(21)17-8-12-20(32-2)13-9-17/h6-14,21,24H,3-5,15H2,1-2H3. The van der Waals surface area contributed by atoms with Gasteiger partial charge < -0.3 is 9.47 Å². The summed E-state index contributed by atoms with van der Waals surface area (Å²) in [6.07, 6.45) is 4.98. The highest BCUT2D eigenvalue weighted by molar-refractivity contribution is 6.08. The van der Waals surface area contributed by atoms with Crippen molar-refractivity contribution in [2.45, 2.75) is 25.3 Å². The van der Waals surface area contributed by atoms with E-state index in [0.29, 0.717) is 0 Å². The highest BCUT2D eigenvalue weighted by Gasteiger charge is 2.43. The molecule has 2 aliphatic rings. The summed E-state index contributed by atoms with van der Waals surface area (Å²) in [5.41, 5.74) is 12.8. The first-order valence-electron chi connectivity index (χ1n) is 10.5. The summed E-state index contributed by atoms with van der Waals surface area (Å²) in [4.78, 5) is 15.6. The van der Waals surface area contributed by atoms with Crippen LogP contribution in [0.15, 0.2) is 64.3 Å². The lowest BCUT2D eigenvalue weighted by molar-refractivity contribution is -0.132. The van der Waals surface area contributed by atoms with E-state index in [4.69, 9.17) is 20.1 Å². The van der Waals surface area contributed by atoms with Crippen molar-refractivity contribution in [2.24, 2.45) is 16.1 Å². The number of ether oxygens (including phenoxy) is 2. The molecular formula is C24H25N5O3. The fraction of sp³-hybridized carbons (Fsp3) is 0.333. The van der Waals surface area contributed by atoms with Crippen LogP contribution in [0.2, 0.25) is 0 Å².